The van der Waals surface area contributed by atoms with E-state index in [0.717, 1.165) is 26.9 Å². The fraction of sp³-hybridized carbons (Fsp3) is 0. The molecule has 0 aliphatic heterocycles. The molecule has 1 aromatic heterocycles. The van der Waals surface area contributed by atoms with Crippen molar-refractivity contribution in [2.24, 2.45) is 0 Å². The average molecular weight is 384 g/mol. The normalized spacial score (nSPS) is 11.0. The summed E-state index contributed by atoms with van der Waals surface area (Å²) < 4.78 is 0.935. The van der Waals surface area contributed by atoms with Gasteiger partial charge in [-0.3, -0.25) is 0 Å². The molecule has 0 atom stereocenters. The number of nitrogens with one attached hydrogen (secondary N) is 1. The molecular formula is C19H12BrClN2. The van der Waals surface area contributed by atoms with Gasteiger partial charge in [0, 0.05) is 10.0 Å². The van der Waals surface area contributed by atoms with Crippen LogP contribution in [-0.2, 0) is 0 Å². The highest BCUT2D eigenvalue weighted by Gasteiger charge is 2.09. The predicted octanol–water partition coefficient (Wildman–Crippen LogP) is 6.31. The SMILES string of the molecule is Clc1cc(Br)cc2[nH]c(-c3ccc(-c4ccccc4)cc3)nc12. The topological polar surface area (TPSA) is 28.7 Å². The number of halogens is 2. The molecule has 4 aromatic rings. The molecule has 0 aliphatic rings. The standard InChI is InChI=1S/C19H12BrClN2/c20-15-10-16(21)18-17(11-15)22-19(23-18)14-8-6-13(7-9-14)12-4-2-1-3-5-12/h1-11H,(H,22,23). The summed E-state index contributed by atoms with van der Waals surface area (Å²) in [5, 5.41) is 0.637. The van der Waals surface area contributed by atoms with E-state index in [1.807, 2.05) is 30.3 Å². The van der Waals surface area contributed by atoms with E-state index in [4.69, 9.17) is 11.6 Å². The second kappa shape index (κ2) is 5.84. The smallest absolute Gasteiger partial charge is 0.138 e. The van der Waals surface area contributed by atoms with Crippen molar-refractivity contribution in [3.05, 3.63) is 76.2 Å². The van der Waals surface area contributed by atoms with Crippen LogP contribution in [0.5, 0.6) is 0 Å². The Morgan fingerprint density at radius 3 is 2.22 bits per heavy atom. The molecule has 0 saturated heterocycles. The Labute approximate surface area is 147 Å². The molecule has 0 aliphatic carbocycles. The third-order valence-electron chi connectivity index (χ3n) is 3.77. The van der Waals surface area contributed by atoms with Crippen LogP contribution >= 0.6 is 27.5 Å². The Morgan fingerprint density at radius 2 is 1.48 bits per heavy atom. The van der Waals surface area contributed by atoms with Crippen LogP contribution in [0.3, 0.4) is 0 Å². The van der Waals surface area contributed by atoms with Gasteiger partial charge in [-0.2, -0.15) is 0 Å². The molecule has 0 fully saturated rings. The van der Waals surface area contributed by atoms with E-state index in [2.05, 4.69) is 62.3 Å². The summed E-state index contributed by atoms with van der Waals surface area (Å²) in [5.41, 5.74) is 5.14. The summed E-state index contributed by atoms with van der Waals surface area (Å²) in [7, 11) is 0. The lowest BCUT2D eigenvalue weighted by atomic mass is 10.0. The molecule has 4 rings (SSSR count). The minimum absolute atomic E-state index is 0.637. The van der Waals surface area contributed by atoms with E-state index >= 15 is 0 Å². The maximum absolute atomic E-state index is 6.26. The van der Waals surface area contributed by atoms with Crippen LogP contribution in [0.25, 0.3) is 33.5 Å². The largest absolute Gasteiger partial charge is 0.338 e. The molecule has 0 bridgehead atoms. The predicted molar refractivity (Wildman–Crippen MR) is 99.7 cm³/mol. The second-order valence-electron chi connectivity index (χ2n) is 5.31. The fourth-order valence-electron chi connectivity index (χ4n) is 2.63. The lowest BCUT2D eigenvalue weighted by molar-refractivity contribution is 1.34. The quantitative estimate of drug-likeness (QED) is 0.431. The molecular weight excluding hydrogens is 372 g/mol. The van der Waals surface area contributed by atoms with Gasteiger partial charge in [0.2, 0.25) is 0 Å². The first-order valence-corrected chi connectivity index (χ1v) is 8.38. The molecule has 0 spiro atoms. The van der Waals surface area contributed by atoms with Crippen LogP contribution in [0, 0.1) is 0 Å². The van der Waals surface area contributed by atoms with Crippen LogP contribution in [-0.4, -0.2) is 9.97 Å². The third-order valence-corrected chi connectivity index (χ3v) is 4.52. The second-order valence-corrected chi connectivity index (χ2v) is 6.64. The molecule has 4 heteroatoms. The number of H-pyrrole nitrogens is 1. The fourth-order valence-corrected chi connectivity index (χ4v) is 3.48. The number of aromatic nitrogens is 2. The van der Waals surface area contributed by atoms with Crippen molar-refractivity contribution in [3.63, 3.8) is 0 Å². The van der Waals surface area contributed by atoms with E-state index in [9.17, 15) is 0 Å². The minimum atomic E-state index is 0.637. The van der Waals surface area contributed by atoms with E-state index in [1.54, 1.807) is 0 Å². The molecule has 23 heavy (non-hydrogen) atoms. The van der Waals surface area contributed by atoms with E-state index in [-0.39, 0.29) is 0 Å². The Morgan fingerprint density at radius 1 is 0.826 bits per heavy atom. The van der Waals surface area contributed by atoms with Crippen LogP contribution in [0.4, 0.5) is 0 Å². The highest BCUT2D eigenvalue weighted by molar-refractivity contribution is 9.10. The van der Waals surface area contributed by atoms with E-state index in [1.165, 1.54) is 11.1 Å². The van der Waals surface area contributed by atoms with Gasteiger partial charge in [0.1, 0.15) is 11.3 Å². The lowest BCUT2D eigenvalue weighted by Gasteiger charge is -2.02. The van der Waals surface area contributed by atoms with Crippen molar-refractivity contribution in [2.75, 3.05) is 0 Å². The number of rotatable bonds is 2. The zero-order chi connectivity index (χ0) is 15.8. The van der Waals surface area contributed by atoms with Gasteiger partial charge in [0.25, 0.3) is 0 Å². The van der Waals surface area contributed by atoms with E-state index in [0.29, 0.717) is 5.02 Å². The molecule has 3 aromatic carbocycles. The van der Waals surface area contributed by atoms with Gasteiger partial charge in [-0.15, -0.1) is 0 Å². The lowest BCUT2D eigenvalue weighted by Crippen LogP contribution is -1.81. The average Bonchev–Trinajstić information content (AvgIpc) is 3.00. The van der Waals surface area contributed by atoms with Crippen molar-refractivity contribution in [1.29, 1.82) is 0 Å². The first kappa shape index (κ1) is 14.5. The number of aromatic amines is 1. The molecule has 0 saturated carbocycles. The minimum Gasteiger partial charge on any atom is -0.338 e. The number of fused-ring (bicyclic) bond motifs is 1. The monoisotopic (exact) mass is 382 g/mol. The van der Waals surface area contributed by atoms with Crippen LogP contribution in [0.1, 0.15) is 0 Å². The Hall–Kier alpha value is -2.10. The molecule has 1 N–H and O–H groups in total. The number of imidazole rings is 1. The van der Waals surface area contributed by atoms with Gasteiger partial charge in [-0.05, 0) is 23.3 Å². The van der Waals surface area contributed by atoms with Gasteiger partial charge >= 0.3 is 0 Å². The Balaban J connectivity index is 1.75. The number of nitrogens with zero attached hydrogens (tertiary/aromatic N) is 1. The molecule has 1 heterocycles. The molecule has 2 nitrogen and oxygen atoms in total. The Kier molecular flexibility index (Phi) is 3.68. The van der Waals surface area contributed by atoms with E-state index < -0.39 is 0 Å². The zero-order valence-corrected chi connectivity index (χ0v) is 14.4. The summed E-state index contributed by atoms with van der Waals surface area (Å²) in [6.45, 7) is 0. The molecule has 0 unspecified atom stereocenters. The third kappa shape index (κ3) is 2.78. The first-order valence-electron chi connectivity index (χ1n) is 7.21. The number of benzene rings is 3. The summed E-state index contributed by atoms with van der Waals surface area (Å²) in [4.78, 5) is 7.94. The number of hydrogen-bond donors (Lipinski definition) is 1. The highest BCUT2D eigenvalue weighted by Crippen LogP contribution is 2.30. The van der Waals surface area contributed by atoms with Crippen LogP contribution in [0.2, 0.25) is 5.02 Å². The van der Waals surface area contributed by atoms with Crippen LogP contribution < -0.4 is 0 Å². The molecule has 112 valence electrons. The summed E-state index contributed by atoms with van der Waals surface area (Å²) in [6, 6.07) is 22.5. The molecule has 0 radical (unpaired) electrons. The maximum Gasteiger partial charge on any atom is 0.138 e. The van der Waals surface area contributed by atoms with Crippen molar-refractivity contribution < 1.29 is 0 Å². The van der Waals surface area contributed by atoms with Gasteiger partial charge in [0.15, 0.2) is 0 Å². The maximum atomic E-state index is 6.26. The van der Waals surface area contributed by atoms with Crippen molar-refractivity contribution in [3.8, 4) is 22.5 Å². The zero-order valence-electron chi connectivity index (χ0n) is 12.1. The van der Waals surface area contributed by atoms with Crippen molar-refractivity contribution in [2.45, 2.75) is 0 Å². The van der Waals surface area contributed by atoms with Crippen LogP contribution in [0.15, 0.2) is 71.2 Å². The summed E-state index contributed by atoms with van der Waals surface area (Å²) in [5.74, 6) is 0.819. The summed E-state index contributed by atoms with van der Waals surface area (Å²) in [6.07, 6.45) is 0. The van der Waals surface area contributed by atoms with Gasteiger partial charge < -0.3 is 4.98 Å². The van der Waals surface area contributed by atoms with Crippen molar-refractivity contribution >= 4 is 38.6 Å². The van der Waals surface area contributed by atoms with Crippen molar-refractivity contribution in [1.82, 2.24) is 9.97 Å². The highest BCUT2D eigenvalue weighted by atomic mass is 79.9. The molecule has 0 amide bonds. The first-order chi connectivity index (χ1) is 11.2. The Bertz CT molecular complexity index is 976. The van der Waals surface area contributed by atoms with Gasteiger partial charge in [-0.25, -0.2) is 4.98 Å². The van der Waals surface area contributed by atoms with Gasteiger partial charge in [-0.1, -0.05) is 82.1 Å². The van der Waals surface area contributed by atoms with Gasteiger partial charge in [0.05, 0.1) is 10.5 Å². The summed E-state index contributed by atoms with van der Waals surface area (Å²) >= 11 is 9.71. The number of hydrogen-bond acceptors (Lipinski definition) is 1.